The largest absolute Gasteiger partial charge is 0.508 e. The van der Waals surface area contributed by atoms with Crippen molar-refractivity contribution in [3.63, 3.8) is 0 Å². The molecule has 0 aliphatic heterocycles. The minimum absolute atomic E-state index is 0.0462. The Kier molecular flexibility index (Phi) is 4.14. The number of aliphatic carboxylic acids is 1. The summed E-state index contributed by atoms with van der Waals surface area (Å²) in [5.74, 6) is -2.59. The van der Waals surface area contributed by atoms with Crippen molar-refractivity contribution in [3.05, 3.63) is 23.8 Å². The number of amides is 1. The molecule has 1 atom stereocenters. The predicted octanol–water partition coefficient (Wildman–Crippen LogP) is 0.890. The van der Waals surface area contributed by atoms with Crippen LogP contribution in [0, 0.1) is 5.92 Å². The first-order chi connectivity index (χ1) is 8.31. The predicted molar refractivity (Wildman–Crippen MR) is 63.5 cm³/mol. The van der Waals surface area contributed by atoms with E-state index < -0.39 is 17.8 Å². The number of benzene rings is 1. The van der Waals surface area contributed by atoms with E-state index in [1.165, 1.54) is 31.0 Å². The summed E-state index contributed by atoms with van der Waals surface area (Å²) in [4.78, 5) is 23.8. The Labute approximate surface area is 104 Å². The highest BCUT2D eigenvalue weighted by atomic mass is 16.4. The Morgan fingerprint density at radius 2 is 1.72 bits per heavy atom. The van der Waals surface area contributed by atoms with E-state index in [-0.39, 0.29) is 23.6 Å². The van der Waals surface area contributed by atoms with Gasteiger partial charge < -0.3 is 20.2 Å². The number of hydrogen-bond donors (Lipinski definition) is 3. The molecule has 0 saturated carbocycles. The number of carboxylic acids is 1. The van der Waals surface area contributed by atoms with Crippen LogP contribution in [0.1, 0.15) is 17.3 Å². The van der Waals surface area contributed by atoms with E-state index in [1.54, 1.807) is 0 Å². The van der Waals surface area contributed by atoms with Crippen LogP contribution in [0.15, 0.2) is 18.2 Å². The molecule has 1 aromatic rings. The lowest BCUT2D eigenvalue weighted by Gasteiger charge is -2.19. The van der Waals surface area contributed by atoms with Crippen LogP contribution >= 0.6 is 0 Å². The lowest BCUT2D eigenvalue weighted by atomic mass is 10.1. The molecule has 0 spiro atoms. The highest BCUT2D eigenvalue weighted by Crippen LogP contribution is 2.21. The topological polar surface area (TPSA) is 98.1 Å². The van der Waals surface area contributed by atoms with Gasteiger partial charge in [0.2, 0.25) is 0 Å². The molecule has 0 heterocycles. The molecule has 0 bridgehead atoms. The fourth-order valence-electron chi connectivity index (χ4n) is 1.51. The standard InChI is InChI=1S/C12H15NO5/c1-7(12(17)18)6-13(2)11(16)8-3-9(14)5-10(15)4-8/h3-5,7,14-15H,6H2,1-2H3,(H,17,18). The fourth-order valence-corrected chi connectivity index (χ4v) is 1.51. The third kappa shape index (κ3) is 3.38. The molecular formula is C12H15NO5. The Morgan fingerprint density at radius 1 is 1.22 bits per heavy atom. The number of phenolic OH excluding ortho intramolecular Hbond substituents is 2. The molecule has 0 aliphatic carbocycles. The minimum Gasteiger partial charge on any atom is -0.508 e. The van der Waals surface area contributed by atoms with Crippen LogP contribution in [0.2, 0.25) is 0 Å². The smallest absolute Gasteiger partial charge is 0.308 e. The number of aromatic hydroxyl groups is 2. The summed E-state index contributed by atoms with van der Waals surface area (Å²) in [6.45, 7) is 1.54. The highest BCUT2D eigenvalue weighted by molar-refractivity contribution is 5.95. The second-order valence-corrected chi connectivity index (χ2v) is 4.16. The number of hydrogen-bond acceptors (Lipinski definition) is 4. The molecule has 1 unspecified atom stereocenters. The molecule has 18 heavy (non-hydrogen) atoms. The summed E-state index contributed by atoms with van der Waals surface area (Å²) in [6, 6.07) is 3.53. The van der Waals surface area contributed by atoms with Crippen LogP contribution in [-0.2, 0) is 4.79 Å². The lowest BCUT2D eigenvalue weighted by Crippen LogP contribution is -2.33. The van der Waals surface area contributed by atoms with E-state index in [1.807, 2.05) is 0 Å². The van der Waals surface area contributed by atoms with Crippen LogP contribution in [0.5, 0.6) is 11.5 Å². The summed E-state index contributed by atoms with van der Waals surface area (Å²) in [6.07, 6.45) is 0. The maximum atomic E-state index is 11.9. The molecule has 1 amide bonds. The van der Waals surface area contributed by atoms with Crippen LogP contribution in [0.3, 0.4) is 0 Å². The molecule has 0 aliphatic rings. The minimum atomic E-state index is -0.992. The van der Waals surface area contributed by atoms with Crippen LogP contribution in [0.4, 0.5) is 0 Å². The normalized spacial score (nSPS) is 11.9. The SMILES string of the molecule is CC(CN(C)C(=O)c1cc(O)cc(O)c1)C(=O)O. The van der Waals surface area contributed by atoms with Gasteiger partial charge in [0, 0.05) is 25.2 Å². The van der Waals surface area contributed by atoms with Crippen molar-refractivity contribution < 1.29 is 24.9 Å². The number of nitrogens with zero attached hydrogens (tertiary/aromatic N) is 1. The summed E-state index contributed by atoms with van der Waals surface area (Å²) in [5.41, 5.74) is 0.104. The molecule has 1 rings (SSSR count). The van der Waals surface area contributed by atoms with Crippen molar-refractivity contribution in [2.75, 3.05) is 13.6 Å². The Bertz CT molecular complexity index is 451. The van der Waals surface area contributed by atoms with Gasteiger partial charge in [0.25, 0.3) is 5.91 Å². The summed E-state index contributed by atoms with van der Waals surface area (Å²) in [5, 5.41) is 27.3. The first kappa shape index (κ1) is 13.8. The molecule has 0 radical (unpaired) electrons. The van der Waals surface area contributed by atoms with Gasteiger partial charge in [-0.2, -0.15) is 0 Å². The van der Waals surface area contributed by atoms with Crippen molar-refractivity contribution in [1.29, 1.82) is 0 Å². The summed E-state index contributed by atoms with van der Waals surface area (Å²) < 4.78 is 0. The molecular weight excluding hydrogens is 238 g/mol. The van der Waals surface area contributed by atoms with Gasteiger partial charge in [0.1, 0.15) is 11.5 Å². The van der Waals surface area contributed by atoms with Crippen molar-refractivity contribution >= 4 is 11.9 Å². The van der Waals surface area contributed by atoms with Gasteiger partial charge >= 0.3 is 5.97 Å². The van der Waals surface area contributed by atoms with Gasteiger partial charge in [0.15, 0.2) is 0 Å². The number of phenols is 2. The highest BCUT2D eigenvalue weighted by Gasteiger charge is 2.19. The molecule has 0 fully saturated rings. The van der Waals surface area contributed by atoms with E-state index in [0.717, 1.165) is 6.07 Å². The first-order valence-corrected chi connectivity index (χ1v) is 5.32. The van der Waals surface area contributed by atoms with Crippen molar-refractivity contribution in [2.45, 2.75) is 6.92 Å². The van der Waals surface area contributed by atoms with Crippen molar-refractivity contribution in [1.82, 2.24) is 4.90 Å². The van der Waals surface area contributed by atoms with Crippen molar-refractivity contribution in [3.8, 4) is 11.5 Å². The van der Waals surface area contributed by atoms with Crippen LogP contribution in [0.25, 0.3) is 0 Å². The molecule has 98 valence electrons. The monoisotopic (exact) mass is 253 g/mol. The molecule has 0 aromatic heterocycles. The first-order valence-electron chi connectivity index (χ1n) is 5.32. The molecule has 1 aromatic carbocycles. The van der Waals surface area contributed by atoms with Crippen LogP contribution in [-0.4, -0.2) is 45.7 Å². The third-order valence-electron chi connectivity index (χ3n) is 2.47. The van der Waals surface area contributed by atoms with Crippen LogP contribution < -0.4 is 0 Å². The quantitative estimate of drug-likeness (QED) is 0.740. The Morgan fingerprint density at radius 3 is 2.17 bits per heavy atom. The average Bonchev–Trinajstić information content (AvgIpc) is 2.26. The summed E-state index contributed by atoms with van der Waals surface area (Å²) >= 11 is 0. The van der Waals surface area contributed by atoms with Gasteiger partial charge in [-0.25, -0.2) is 0 Å². The number of rotatable bonds is 4. The maximum Gasteiger partial charge on any atom is 0.308 e. The number of carbonyl (C=O) groups excluding carboxylic acids is 1. The van der Waals surface area contributed by atoms with E-state index in [0.29, 0.717) is 0 Å². The average molecular weight is 253 g/mol. The van der Waals surface area contributed by atoms with Crippen molar-refractivity contribution in [2.24, 2.45) is 5.92 Å². The Hall–Kier alpha value is -2.24. The van der Waals surface area contributed by atoms with E-state index >= 15 is 0 Å². The zero-order valence-corrected chi connectivity index (χ0v) is 10.1. The van der Waals surface area contributed by atoms with Gasteiger partial charge in [-0.3, -0.25) is 9.59 Å². The third-order valence-corrected chi connectivity index (χ3v) is 2.47. The Balaban J connectivity index is 2.83. The zero-order valence-electron chi connectivity index (χ0n) is 10.1. The maximum absolute atomic E-state index is 11.9. The fraction of sp³-hybridized carbons (Fsp3) is 0.333. The molecule has 6 nitrogen and oxygen atoms in total. The van der Waals surface area contributed by atoms with Gasteiger partial charge in [0.05, 0.1) is 5.92 Å². The molecule has 3 N–H and O–H groups in total. The lowest BCUT2D eigenvalue weighted by molar-refractivity contribution is -0.141. The van der Waals surface area contributed by atoms with Gasteiger partial charge in [-0.05, 0) is 12.1 Å². The second kappa shape index (κ2) is 5.39. The number of carbonyl (C=O) groups is 2. The van der Waals surface area contributed by atoms with E-state index in [9.17, 15) is 19.8 Å². The molecule has 6 heteroatoms. The van der Waals surface area contributed by atoms with E-state index in [4.69, 9.17) is 5.11 Å². The molecule has 0 saturated heterocycles. The summed E-state index contributed by atoms with van der Waals surface area (Å²) in [7, 11) is 1.46. The number of carboxylic acid groups (broad SMARTS) is 1. The zero-order chi connectivity index (χ0) is 13.9. The van der Waals surface area contributed by atoms with Gasteiger partial charge in [-0.1, -0.05) is 6.92 Å². The van der Waals surface area contributed by atoms with Gasteiger partial charge in [-0.15, -0.1) is 0 Å². The van der Waals surface area contributed by atoms with E-state index in [2.05, 4.69) is 0 Å². The second-order valence-electron chi connectivity index (χ2n) is 4.16.